The fourth-order valence-electron chi connectivity index (χ4n) is 3.06. The van der Waals surface area contributed by atoms with Gasteiger partial charge in [-0.05, 0) is 11.6 Å². The highest BCUT2D eigenvalue weighted by atomic mass is 35.5. The molecule has 8 nitrogen and oxygen atoms in total. The van der Waals surface area contributed by atoms with Crippen LogP contribution < -0.4 is 5.73 Å². The van der Waals surface area contributed by atoms with Gasteiger partial charge in [0.25, 0.3) is 0 Å². The molecule has 1 aliphatic heterocycles. The first-order valence-corrected chi connectivity index (χ1v) is 6.66. The average molecular weight is 316 g/mol. The summed E-state index contributed by atoms with van der Waals surface area (Å²) in [6.07, 6.45) is -0.660. The van der Waals surface area contributed by atoms with E-state index in [0.29, 0.717) is 5.52 Å². The fourth-order valence-corrected chi connectivity index (χ4v) is 3.24. The van der Waals surface area contributed by atoms with Crippen LogP contribution in [0.2, 0.25) is 5.28 Å². The minimum absolute atomic E-state index is 0.0739. The van der Waals surface area contributed by atoms with E-state index >= 15 is 0 Å². The number of rotatable bonds is 2. The third kappa shape index (κ3) is 1.57. The van der Waals surface area contributed by atoms with E-state index in [0.717, 1.165) is 0 Å². The summed E-state index contributed by atoms with van der Waals surface area (Å²) >= 11 is 5.76. The van der Waals surface area contributed by atoms with Crippen molar-refractivity contribution in [2.75, 3.05) is 12.3 Å². The minimum atomic E-state index is -2.05. The van der Waals surface area contributed by atoms with Crippen molar-refractivity contribution in [1.82, 2.24) is 19.5 Å². The van der Waals surface area contributed by atoms with Crippen LogP contribution in [-0.4, -0.2) is 54.4 Å². The van der Waals surface area contributed by atoms with Gasteiger partial charge in [0.05, 0.1) is 25.0 Å². The monoisotopic (exact) mass is 315 g/mol. The van der Waals surface area contributed by atoms with E-state index in [1.54, 1.807) is 0 Å². The Kier molecular flexibility index (Phi) is 2.51. The van der Waals surface area contributed by atoms with Gasteiger partial charge in [-0.15, -0.1) is 0 Å². The predicted molar refractivity (Wildman–Crippen MR) is 69.1 cm³/mol. The molecule has 1 aliphatic carbocycles. The van der Waals surface area contributed by atoms with Gasteiger partial charge in [0.1, 0.15) is 17.7 Å². The SMILES string of the molecule is Nc1nc(Cl)nc2c1ncn2[C@H]1C2C(O)[C@@H](CO)OC21F. The summed E-state index contributed by atoms with van der Waals surface area (Å²) in [5.74, 6) is -2.74. The van der Waals surface area contributed by atoms with E-state index in [-0.39, 0.29) is 16.7 Å². The Hall–Kier alpha value is -1.55. The Morgan fingerprint density at radius 3 is 2.90 bits per heavy atom. The van der Waals surface area contributed by atoms with Crippen molar-refractivity contribution in [3.8, 4) is 0 Å². The molecule has 0 spiro atoms. The van der Waals surface area contributed by atoms with E-state index in [9.17, 15) is 9.50 Å². The Balaban J connectivity index is 1.77. The zero-order valence-electron chi connectivity index (χ0n) is 10.5. The number of aliphatic hydroxyl groups excluding tert-OH is 2. The van der Waals surface area contributed by atoms with Crippen LogP contribution in [0.1, 0.15) is 6.04 Å². The molecule has 10 heteroatoms. The number of nitrogens with two attached hydrogens (primary N) is 1. The molecular weight excluding hydrogens is 305 g/mol. The van der Waals surface area contributed by atoms with Crippen molar-refractivity contribution in [2.24, 2.45) is 5.92 Å². The number of nitrogen functional groups attached to an aromatic ring is 1. The molecule has 2 fully saturated rings. The Labute approximate surface area is 122 Å². The first kappa shape index (κ1) is 13.1. The predicted octanol–water partition coefficient (Wildman–Crippen LogP) is -0.349. The van der Waals surface area contributed by atoms with Gasteiger partial charge in [-0.25, -0.2) is 9.37 Å². The lowest BCUT2D eigenvalue weighted by atomic mass is 10.1. The van der Waals surface area contributed by atoms with Crippen molar-refractivity contribution < 1.29 is 19.3 Å². The molecule has 0 radical (unpaired) electrons. The second kappa shape index (κ2) is 4.01. The summed E-state index contributed by atoms with van der Waals surface area (Å²) in [4.78, 5) is 11.8. The molecule has 3 heterocycles. The molecule has 4 rings (SSSR count). The highest BCUT2D eigenvalue weighted by Gasteiger charge is 2.78. The highest BCUT2D eigenvalue weighted by molar-refractivity contribution is 6.28. The van der Waals surface area contributed by atoms with Crippen LogP contribution in [0.5, 0.6) is 0 Å². The lowest BCUT2D eigenvalue weighted by molar-refractivity contribution is -0.120. The van der Waals surface area contributed by atoms with Crippen molar-refractivity contribution in [1.29, 1.82) is 0 Å². The maximum Gasteiger partial charge on any atom is 0.238 e. The number of hydrogen-bond acceptors (Lipinski definition) is 7. The van der Waals surface area contributed by atoms with Gasteiger partial charge in [-0.1, -0.05) is 0 Å². The normalized spacial score (nSPS) is 37.9. The third-order valence-electron chi connectivity index (χ3n) is 4.07. The van der Waals surface area contributed by atoms with Gasteiger partial charge >= 0.3 is 0 Å². The number of hydrogen-bond donors (Lipinski definition) is 3. The molecule has 1 saturated heterocycles. The molecule has 2 aromatic rings. The standard InChI is InChI=1S/C11H11ClFN5O3/c12-10-16-8(14)5-9(17-10)18(2-15-5)7-4-6(20)3(1-19)21-11(4,7)13/h2-4,6-7,19-20H,1H2,(H2,14,16,17)/t3-,4?,6?,7+,11?/m1/s1. The van der Waals surface area contributed by atoms with Crippen LogP contribution in [0.4, 0.5) is 10.2 Å². The van der Waals surface area contributed by atoms with Gasteiger partial charge in [0, 0.05) is 0 Å². The average Bonchev–Trinajstić information content (AvgIpc) is 2.73. The smallest absolute Gasteiger partial charge is 0.238 e. The molecule has 0 bridgehead atoms. The van der Waals surface area contributed by atoms with Gasteiger partial charge in [0.2, 0.25) is 11.1 Å². The number of fused-ring (bicyclic) bond motifs is 2. The number of imidazole rings is 1. The number of nitrogens with zero attached hydrogens (tertiary/aromatic N) is 4. The number of alkyl halides is 1. The lowest BCUT2D eigenvalue weighted by Gasteiger charge is -2.18. The molecule has 5 atom stereocenters. The molecule has 4 N–H and O–H groups in total. The summed E-state index contributed by atoms with van der Waals surface area (Å²) < 4.78 is 21.2. The van der Waals surface area contributed by atoms with Crippen LogP contribution >= 0.6 is 11.6 Å². The van der Waals surface area contributed by atoms with Gasteiger partial charge in [-0.3, -0.25) is 0 Å². The topological polar surface area (TPSA) is 119 Å². The summed E-state index contributed by atoms with van der Waals surface area (Å²) in [6, 6.07) is -0.786. The molecule has 2 aliphatic rings. The maximum atomic E-state index is 14.7. The van der Waals surface area contributed by atoms with Gasteiger partial charge in [-0.2, -0.15) is 9.97 Å². The van der Waals surface area contributed by atoms with Crippen LogP contribution in [0.25, 0.3) is 11.2 Å². The summed E-state index contributed by atoms with van der Waals surface area (Å²) in [7, 11) is 0. The van der Waals surface area contributed by atoms with E-state index < -0.39 is 36.6 Å². The molecule has 0 amide bonds. The Morgan fingerprint density at radius 1 is 1.52 bits per heavy atom. The largest absolute Gasteiger partial charge is 0.394 e. The van der Waals surface area contributed by atoms with E-state index in [4.69, 9.17) is 27.2 Å². The molecule has 112 valence electrons. The molecule has 3 unspecified atom stereocenters. The fraction of sp³-hybridized carbons (Fsp3) is 0.545. The van der Waals surface area contributed by atoms with E-state index in [2.05, 4.69) is 15.0 Å². The van der Waals surface area contributed by atoms with Crippen LogP contribution in [0.3, 0.4) is 0 Å². The first-order chi connectivity index (χ1) is 9.97. The lowest BCUT2D eigenvalue weighted by Crippen LogP contribution is -2.31. The molecule has 1 saturated carbocycles. The summed E-state index contributed by atoms with van der Waals surface area (Å²) in [6.45, 7) is -0.443. The van der Waals surface area contributed by atoms with Crippen molar-refractivity contribution >= 4 is 28.6 Å². The maximum absolute atomic E-state index is 14.7. The van der Waals surface area contributed by atoms with Crippen molar-refractivity contribution in [3.05, 3.63) is 11.6 Å². The number of aliphatic hydroxyl groups is 2. The summed E-state index contributed by atoms with van der Waals surface area (Å²) in [5, 5.41) is 18.9. The van der Waals surface area contributed by atoms with Crippen LogP contribution in [0.15, 0.2) is 6.33 Å². The van der Waals surface area contributed by atoms with Crippen molar-refractivity contribution in [2.45, 2.75) is 24.1 Å². The van der Waals surface area contributed by atoms with Crippen molar-refractivity contribution in [3.63, 3.8) is 0 Å². The number of anilines is 1. The van der Waals surface area contributed by atoms with Crippen LogP contribution in [0, 0.1) is 5.92 Å². The summed E-state index contributed by atoms with van der Waals surface area (Å²) in [5.41, 5.74) is 6.28. The molecule has 21 heavy (non-hydrogen) atoms. The Bertz CT molecular complexity index is 742. The minimum Gasteiger partial charge on any atom is -0.394 e. The number of aromatic nitrogens is 4. The second-order valence-electron chi connectivity index (χ2n) is 5.20. The zero-order chi connectivity index (χ0) is 14.9. The van der Waals surface area contributed by atoms with Crippen LogP contribution in [-0.2, 0) is 4.74 Å². The molecule has 0 aromatic carbocycles. The third-order valence-corrected chi connectivity index (χ3v) is 4.24. The second-order valence-corrected chi connectivity index (χ2v) is 5.54. The van der Waals surface area contributed by atoms with Gasteiger partial charge < -0.3 is 25.3 Å². The molecule has 2 aromatic heterocycles. The highest BCUT2D eigenvalue weighted by Crippen LogP contribution is 2.65. The van der Waals surface area contributed by atoms with E-state index in [1.165, 1.54) is 10.9 Å². The number of ether oxygens (including phenoxy) is 1. The Morgan fingerprint density at radius 2 is 2.29 bits per heavy atom. The number of halogens is 2. The zero-order valence-corrected chi connectivity index (χ0v) is 11.3. The molecular formula is C11H11ClFN5O3. The first-order valence-electron chi connectivity index (χ1n) is 6.28. The van der Waals surface area contributed by atoms with E-state index in [1.807, 2.05) is 0 Å². The quantitative estimate of drug-likeness (QED) is 0.648. The van der Waals surface area contributed by atoms with Gasteiger partial charge in [0.15, 0.2) is 11.5 Å².